The van der Waals surface area contributed by atoms with E-state index in [0.29, 0.717) is 39.0 Å². The number of aromatic nitrogens is 2. The minimum atomic E-state index is -1.05. The molecule has 0 aliphatic heterocycles. The third kappa shape index (κ3) is 6.13. The molecule has 1 heterocycles. The van der Waals surface area contributed by atoms with Crippen molar-refractivity contribution in [3.8, 4) is 11.4 Å². The number of ether oxygens (including phenoxy) is 1. The lowest BCUT2D eigenvalue weighted by molar-refractivity contribution is -0.136. The largest absolute Gasteiger partial charge is 0.423 e. The molecule has 0 bridgehead atoms. The van der Waals surface area contributed by atoms with E-state index in [9.17, 15) is 19.2 Å². The molecule has 2 N–H and O–H groups in total. The highest BCUT2D eigenvalue weighted by molar-refractivity contribution is 6.39. The number of para-hydroxylation sites is 1. The molecule has 0 radical (unpaired) electrons. The fourth-order valence-corrected chi connectivity index (χ4v) is 3.87. The van der Waals surface area contributed by atoms with Gasteiger partial charge in [-0.15, -0.1) is 0 Å². The van der Waals surface area contributed by atoms with Gasteiger partial charge in [0.2, 0.25) is 0 Å². The van der Waals surface area contributed by atoms with Crippen LogP contribution in [-0.2, 0) is 16.6 Å². The number of anilines is 1. The number of esters is 1. The Morgan fingerprint density at radius 1 is 0.897 bits per heavy atom. The normalized spacial score (nSPS) is 11.1. The Kier molecular flexibility index (Phi) is 8.07. The van der Waals surface area contributed by atoms with Gasteiger partial charge in [0, 0.05) is 12.1 Å². The van der Waals surface area contributed by atoms with Gasteiger partial charge in [-0.1, -0.05) is 35.9 Å². The number of nitrogens with zero attached hydrogens (tertiary/aromatic N) is 3. The SMILES string of the molecule is CC(=NNC(=O)C(=O)Nc1c(C)n(C)n(-c2ccccc2)c1=O)c1ccc(OC(=O)c2cccc(Cl)c2)cc1. The van der Waals surface area contributed by atoms with Gasteiger partial charge < -0.3 is 10.1 Å². The van der Waals surface area contributed by atoms with E-state index in [1.807, 2.05) is 6.07 Å². The van der Waals surface area contributed by atoms with Crippen LogP contribution in [0.2, 0.25) is 5.02 Å². The van der Waals surface area contributed by atoms with Crippen LogP contribution in [-0.4, -0.2) is 32.9 Å². The maximum Gasteiger partial charge on any atom is 0.343 e. The lowest BCUT2D eigenvalue weighted by atomic mass is 10.1. The van der Waals surface area contributed by atoms with Crippen molar-refractivity contribution in [1.82, 2.24) is 14.8 Å². The molecule has 1 aromatic heterocycles. The Morgan fingerprint density at radius 3 is 2.26 bits per heavy atom. The van der Waals surface area contributed by atoms with Crippen molar-refractivity contribution in [2.24, 2.45) is 12.1 Å². The number of carbonyl (C=O) groups is 3. The summed E-state index contributed by atoms with van der Waals surface area (Å²) in [5, 5.41) is 6.77. The number of rotatable bonds is 6. The first kappa shape index (κ1) is 27.1. The average Bonchev–Trinajstić information content (AvgIpc) is 3.15. The van der Waals surface area contributed by atoms with Crippen molar-refractivity contribution in [1.29, 1.82) is 0 Å². The van der Waals surface area contributed by atoms with Gasteiger partial charge in [-0.2, -0.15) is 5.10 Å². The summed E-state index contributed by atoms with van der Waals surface area (Å²) in [6, 6.07) is 21.8. The maximum absolute atomic E-state index is 12.9. The molecule has 0 saturated carbocycles. The number of benzene rings is 3. The minimum Gasteiger partial charge on any atom is -0.423 e. The molecule has 0 saturated heterocycles. The van der Waals surface area contributed by atoms with E-state index in [4.69, 9.17) is 16.3 Å². The number of hydrazone groups is 1. The average molecular weight is 546 g/mol. The minimum absolute atomic E-state index is 0.00915. The summed E-state index contributed by atoms with van der Waals surface area (Å²) in [6.07, 6.45) is 0. The van der Waals surface area contributed by atoms with Crippen molar-refractivity contribution >= 4 is 40.8 Å². The summed E-state index contributed by atoms with van der Waals surface area (Å²) < 4.78 is 8.32. The maximum atomic E-state index is 12.9. The lowest BCUT2D eigenvalue weighted by Crippen LogP contribution is -2.34. The molecule has 0 fully saturated rings. The fourth-order valence-electron chi connectivity index (χ4n) is 3.68. The first-order chi connectivity index (χ1) is 18.7. The van der Waals surface area contributed by atoms with Gasteiger partial charge in [-0.05, 0) is 74.0 Å². The summed E-state index contributed by atoms with van der Waals surface area (Å²) in [6.45, 7) is 3.29. The number of nitrogens with one attached hydrogen (secondary N) is 2. The number of amides is 2. The summed E-state index contributed by atoms with van der Waals surface area (Å²) >= 11 is 5.91. The van der Waals surface area contributed by atoms with Gasteiger partial charge >= 0.3 is 17.8 Å². The topological polar surface area (TPSA) is 124 Å². The van der Waals surface area contributed by atoms with Crippen molar-refractivity contribution in [3.05, 3.63) is 111 Å². The van der Waals surface area contributed by atoms with Gasteiger partial charge in [0.05, 0.1) is 22.7 Å². The van der Waals surface area contributed by atoms with E-state index in [0.717, 1.165) is 0 Å². The van der Waals surface area contributed by atoms with Gasteiger partial charge in [0.25, 0.3) is 5.56 Å². The molecule has 4 aromatic rings. The zero-order valence-electron chi connectivity index (χ0n) is 21.3. The van der Waals surface area contributed by atoms with Gasteiger partial charge in [-0.25, -0.2) is 14.9 Å². The standard InChI is InChI=1S/C28H24ClN5O5/c1-17(19-12-14-23(15-13-19)39-28(38)20-8-7-9-21(29)16-20)31-32-26(36)25(35)30-24-18(2)33(3)34(27(24)37)22-10-5-4-6-11-22/h4-16H,1-3H3,(H,30,35)(H,32,36). The van der Waals surface area contributed by atoms with Crippen LogP contribution in [0.4, 0.5) is 5.69 Å². The quantitative estimate of drug-likeness (QED) is 0.125. The second kappa shape index (κ2) is 11.6. The molecule has 0 unspecified atom stereocenters. The Bertz CT molecular complexity index is 1640. The molecule has 11 heteroatoms. The molecular formula is C28H24ClN5O5. The van der Waals surface area contributed by atoms with E-state index in [2.05, 4.69) is 15.8 Å². The lowest BCUT2D eigenvalue weighted by Gasteiger charge is -2.07. The fraction of sp³-hybridized carbons (Fsp3) is 0.107. The number of halogens is 1. The predicted molar refractivity (Wildman–Crippen MR) is 148 cm³/mol. The van der Waals surface area contributed by atoms with Crippen LogP contribution in [0.3, 0.4) is 0 Å². The smallest absolute Gasteiger partial charge is 0.343 e. The Morgan fingerprint density at radius 2 is 1.59 bits per heavy atom. The second-order valence-corrected chi connectivity index (χ2v) is 8.89. The van der Waals surface area contributed by atoms with Crippen LogP contribution in [0.5, 0.6) is 5.75 Å². The number of hydrogen-bond donors (Lipinski definition) is 2. The van der Waals surface area contributed by atoms with Crippen LogP contribution in [0.1, 0.15) is 28.5 Å². The molecule has 0 aliphatic carbocycles. The van der Waals surface area contributed by atoms with Gasteiger partial charge in [0.15, 0.2) is 0 Å². The summed E-state index contributed by atoms with van der Waals surface area (Å²) in [5.41, 5.74) is 4.12. The monoisotopic (exact) mass is 545 g/mol. The van der Waals surface area contributed by atoms with Crippen molar-refractivity contribution in [3.63, 3.8) is 0 Å². The first-order valence-corrected chi connectivity index (χ1v) is 12.1. The molecule has 0 atom stereocenters. The second-order valence-electron chi connectivity index (χ2n) is 8.45. The highest BCUT2D eigenvalue weighted by atomic mass is 35.5. The van der Waals surface area contributed by atoms with Gasteiger partial charge in [0.1, 0.15) is 11.4 Å². The molecular weight excluding hydrogens is 522 g/mol. The van der Waals surface area contributed by atoms with Crippen LogP contribution in [0.15, 0.2) is 88.8 Å². The Hall–Kier alpha value is -4.96. The molecule has 0 spiro atoms. The molecule has 198 valence electrons. The van der Waals surface area contributed by atoms with Gasteiger partial charge in [-0.3, -0.25) is 19.1 Å². The third-order valence-electron chi connectivity index (χ3n) is 5.87. The first-order valence-electron chi connectivity index (χ1n) is 11.7. The van der Waals surface area contributed by atoms with Crippen LogP contribution < -0.4 is 21.0 Å². The summed E-state index contributed by atoms with van der Waals surface area (Å²) in [5.74, 6) is -2.34. The molecule has 39 heavy (non-hydrogen) atoms. The molecule has 3 aromatic carbocycles. The number of hydrogen-bond acceptors (Lipinski definition) is 6. The zero-order valence-corrected chi connectivity index (χ0v) is 22.0. The molecule has 2 amide bonds. The van der Waals surface area contributed by atoms with E-state index in [1.54, 1.807) is 92.3 Å². The van der Waals surface area contributed by atoms with E-state index >= 15 is 0 Å². The Balaban J connectivity index is 1.39. The van der Waals surface area contributed by atoms with Crippen LogP contribution in [0.25, 0.3) is 5.69 Å². The summed E-state index contributed by atoms with van der Waals surface area (Å²) in [7, 11) is 1.68. The van der Waals surface area contributed by atoms with Crippen molar-refractivity contribution in [2.75, 3.05) is 5.32 Å². The van der Waals surface area contributed by atoms with Crippen LogP contribution in [0, 0.1) is 6.92 Å². The highest BCUT2D eigenvalue weighted by Gasteiger charge is 2.21. The van der Waals surface area contributed by atoms with E-state index in [-0.39, 0.29) is 5.69 Å². The zero-order chi connectivity index (χ0) is 28.1. The van der Waals surface area contributed by atoms with Crippen LogP contribution >= 0.6 is 11.6 Å². The summed E-state index contributed by atoms with van der Waals surface area (Å²) in [4.78, 5) is 50.1. The molecule has 10 nitrogen and oxygen atoms in total. The Labute approximate surface area is 228 Å². The predicted octanol–water partition coefficient (Wildman–Crippen LogP) is 3.84. The number of carbonyl (C=O) groups excluding carboxylic acids is 3. The molecule has 4 rings (SSSR count). The molecule has 0 aliphatic rings. The highest BCUT2D eigenvalue weighted by Crippen LogP contribution is 2.17. The van der Waals surface area contributed by atoms with E-state index < -0.39 is 23.3 Å². The van der Waals surface area contributed by atoms with Crippen molar-refractivity contribution < 1.29 is 19.1 Å². The van der Waals surface area contributed by atoms with Crippen molar-refractivity contribution in [2.45, 2.75) is 13.8 Å². The third-order valence-corrected chi connectivity index (χ3v) is 6.10. The van der Waals surface area contributed by atoms with E-state index in [1.165, 1.54) is 10.7 Å².